The molecule has 1 fully saturated rings. The third kappa shape index (κ3) is 2.92. The monoisotopic (exact) mass is 403 g/mol. The maximum atomic E-state index is 13.0. The molecular formula is C18H18ClN5O4. The van der Waals surface area contributed by atoms with Crippen molar-refractivity contribution in [2.24, 2.45) is 7.05 Å². The van der Waals surface area contributed by atoms with E-state index in [-0.39, 0.29) is 24.8 Å². The van der Waals surface area contributed by atoms with Gasteiger partial charge in [-0.05, 0) is 25.1 Å². The minimum absolute atomic E-state index is 0.0536. The summed E-state index contributed by atoms with van der Waals surface area (Å²) in [6, 6.07) is 4.53. The zero-order chi connectivity index (χ0) is 20.2. The Kier molecular flexibility index (Phi) is 4.35. The van der Waals surface area contributed by atoms with Crippen LogP contribution in [-0.4, -0.2) is 54.2 Å². The number of amides is 1. The molecule has 0 aliphatic carbocycles. The molecule has 9 nitrogen and oxygen atoms in total. The number of likely N-dealkylation sites (tertiary alicyclic amines) is 1. The highest BCUT2D eigenvalue weighted by Crippen LogP contribution is 2.25. The summed E-state index contributed by atoms with van der Waals surface area (Å²) < 4.78 is 2.94. The van der Waals surface area contributed by atoms with Gasteiger partial charge in [-0.15, -0.1) is 0 Å². The van der Waals surface area contributed by atoms with E-state index in [4.69, 9.17) is 11.6 Å². The Labute approximate surface area is 163 Å². The molecule has 10 heteroatoms. The lowest BCUT2D eigenvalue weighted by atomic mass is 10.2. The number of nitrogens with one attached hydrogen (secondary N) is 1. The fraction of sp³-hybridized carbons (Fsp3) is 0.333. The van der Waals surface area contributed by atoms with Crippen LogP contribution < -0.4 is 11.2 Å². The normalized spacial score (nSPS) is 19.5. The van der Waals surface area contributed by atoms with Gasteiger partial charge in [-0.1, -0.05) is 11.6 Å². The first kappa shape index (κ1) is 18.5. The zero-order valence-corrected chi connectivity index (χ0v) is 16.0. The summed E-state index contributed by atoms with van der Waals surface area (Å²) in [5.41, 5.74) is 0.619. The molecule has 0 radical (unpaired) electrons. The summed E-state index contributed by atoms with van der Waals surface area (Å²) in [7, 11) is 1.73. The molecule has 28 heavy (non-hydrogen) atoms. The van der Waals surface area contributed by atoms with E-state index in [2.05, 4.69) is 9.97 Å². The van der Waals surface area contributed by atoms with Crippen molar-refractivity contribution in [3.8, 4) is 0 Å². The summed E-state index contributed by atoms with van der Waals surface area (Å²) in [5.74, 6) is -0.138. The molecule has 1 amide bonds. The third-order valence-corrected chi connectivity index (χ3v) is 5.32. The number of carbonyl (C=O) groups is 1. The van der Waals surface area contributed by atoms with Crippen LogP contribution in [0.3, 0.4) is 0 Å². The molecule has 0 saturated carbocycles. The van der Waals surface area contributed by atoms with Gasteiger partial charge in [0.05, 0.1) is 23.2 Å². The predicted molar refractivity (Wildman–Crippen MR) is 103 cm³/mol. The minimum Gasteiger partial charge on any atom is -0.389 e. The van der Waals surface area contributed by atoms with Gasteiger partial charge in [0.2, 0.25) is 0 Å². The van der Waals surface area contributed by atoms with Crippen LogP contribution in [0.2, 0.25) is 5.02 Å². The smallest absolute Gasteiger partial charge is 0.328 e. The lowest BCUT2D eigenvalue weighted by molar-refractivity contribution is 0.0750. The number of benzene rings is 1. The number of aryl methyl sites for hydroxylation is 2. The number of H-pyrrole nitrogens is 1. The summed E-state index contributed by atoms with van der Waals surface area (Å²) in [6.45, 7) is 1.75. The van der Waals surface area contributed by atoms with Crippen molar-refractivity contribution in [3.05, 3.63) is 61.6 Å². The predicted octanol–water partition coefficient (Wildman–Crippen LogP) is 0.443. The fourth-order valence-electron chi connectivity index (χ4n) is 3.55. The lowest BCUT2D eigenvalue weighted by Gasteiger charge is -2.17. The summed E-state index contributed by atoms with van der Waals surface area (Å²) in [6.07, 6.45) is 0.455. The zero-order valence-electron chi connectivity index (χ0n) is 15.2. The molecule has 1 aliphatic heterocycles. The second kappa shape index (κ2) is 6.61. The third-order valence-electron chi connectivity index (χ3n) is 5.08. The molecule has 0 spiro atoms. The van der Waals surface area contributed by atoms with E-state index in [0.717, 1.165) is 5.52 Å². The maximum absolute atomic E-state index is 13.0. The van der Waals surface area contributed by atoms with Gasteiger partial charge in [0, 0.05) is 36.9 Å². The van der Waals surface area contributed by atoms with E-state index in [1.54, 1.807) is 36.7 Å². The molecule has 2 atom stereocenters. The highest BCUT2D eigenvalue weighted by Gasteiger charge is 2.37. The number of imidazole rings is 1. The first-order valence-electron chi connectivity index (χ1n) is 8.67. The van der Waals surface area contributed by atoms with Crippen molar-refractivity contribution in [2.45, 2.75) is 19.1 Å². The molecule has 2 aromatic heterocycles. The fourth-order valence-corrected chi connectivity index (χ4v) is 3.71. The number of β-amino-alcohol motifs (C(OH)–C–C–N with tert-alkyl or cyclic N) is 1. The molecule has 1 saturated heterocycles. The van der Waals surface area contributed by atoms with E-state index in [1.165, 1.54) is 15.7 Å². The number of aromatic nitrogens is 4. The molecular weight excluding hydrogens is 386 g/mol. The number of hydrogen-bond acceptors (Lipinski definition) is 5. The van der Waals surface area contributed by atoms with Crippen LogP contribution >= 0.6 is 11.6 Å². The first-order valence-corrected chi connectivity index (χ1v) is 9.05. The van der Waals surface area contributed by atoms with Gasteiger partial charge in [0.25, 0.3) is 11.5 Å². The number of aromatic amines is 1. The SMILES string of the molecule is Cc1cn([C@@H]2CN(C(=O)c3nc4cc(Cl)ccc4n3C)C[C@H]2O)c(=O)[nH]c1=O. The average molecular weight is 404 g/mol. The number of rotatable bonds is 2. The van der Waals surface area contributed by atoms with Gasteiger partial charge < -0.3 is 14.6 Å². The van der Waals surface area contributed by atoms with Crippen LogP contribution in [-0.2, 0) is 7.05 Å². The summed E-state index contributed by atoms with van der Waals surface area (Å²) >= 11 is 6.00. The van der Waals surface area contributed by atoms with E-state index >= 15 is 0 Å². The van der Waals surface area contributed by atoms with Gasteiger partial charge in [-0.25, -0.2) is 9.78 Å². The van der Waals surface area contributed by atoms with Gasteiger partial charge in [0.15, 0.2) is 5.82 Å². The Morgan fingerprint density at radius 3 is 2.82 bits per heavy atom. The number of nitrogens with zero attached hydrogens (tertiary/aromatic N) is 4. The van der Waals surface area contributed by atoms with E-state index in [9.17, 15) is 19.5 Å². The van der Waals surface area contributed by atoms with Crippen molar-refractivity contribution in [1.29, 1.82) is 0 Å². The molecule has 0 unspecified atom stereocenters. The van der Waals surface area contributed by atoms with Gasteiger partial charge in [-0.2, -0.15) is 0 Å². The molecule has 1 aromatic carbocycles. The van der Waals surface area contributed by atoms with Gasteiger partial charge in [0.1, 0.15) is 0 Å². The average Bonchev–Trinajstić information content (AvgIpc) is 3.18. The van der Waals surface area contributed by atoms with Crippen LogP contribution in [0.15, 0.2) is 34.0 Å². The number of aliphatic hydroxyl groups is 1. The summed E-state index contributed by atoms with van der Waals surface area (Å²) in [4.78, 5) is 44.8. The molecule has 2 N–H and O–H groups in total. The number of carbonyl (C=O) groups excluding carboxylic acids is 1. The molecule has 1 aliphatic rings. The van der Waals surface area contributed by atoms with Crippen molar-refractivity contribution >= 4 is 28.5 Å². The molecule has 4 rings (SSSR count). The number of fused-ring (bicyclic) bond motifs is 1. The van der Waals surface area contributed by atoms with E-state index in [1.807, 2.05) is 0 Å². The Morgan fingerprint density at radius 1 is 1.32 bits per heavy atom. The van der Waals surface area contributed by atoms with Crippen molar-refractivity contribution in [3.63, 3.8) is 0 Å². The number of aliphatic hydroxyl groups excluding tert-OH is 1. The minimum atomic E-state index is -0.948. The summed E-state index contributed by atoms with van der Waals surface area (Å²) in [5, 5.41) is 11.0. The Hall–Kier alpha value is -2.91. The molecule has 0 bridgehead atoms. The molecule has 3 heterocycles. The topological polar surface area (TPSA) is 113 Å². The van der Waals surface area contributed by atoms with Crippen molar-refractivity contribution in [2.75, 3.05) is 13.1 Å². The van der Waals surface area contributed by atoms with Gasteiger partial charge in [-0.3, -0.25) is 19.1 Å². The first-order chi connectivity index (χ1) is 13.3. The Balaban J connectivity index is 1.66. The standard InChI is InChI=1S/C18H18ClN5O4/c1-9-6-24(18(28)21-16(9)26)13-7-23(8-14(13)25)17(27)15-20-11-5-10(19)3-4-12(11)22(15)2/h3-6,13-14,25H,7-8H2,1-2H3,(H,21,26,28)/t13-,14-/m1/s1. The van der Waals surface area contributed by atoms with Crippen LogP contribution in [0.4, 0.5) is 0 Å². The molecule has 146 valence electrons. The van der Waals surface area contributed by atoms with E-state index in [0.29, 0.717) is 16.1 Å². The van der Waals surface area contributed by atoms with Crippen LogP contribution in [0.1, 0.15) is 22.2 Å². The Bertz CT molecular complexity index is 1210. The highest BCUT2D eigenvalue weighted by atomic mass is 35.5. The second-order valence-electron chi connectivity index (χ2n) is 6.95. The maximum Gasteiger partial charge on any atom is 0.328 e. The Morgan fingerprint density at radius 2 is 2.07 bits per heavy atom. The van der Waals surface area contributed by atoms with Gasteiger partial charge >= 0.3 is 5.69 Å². The second-order valence-corrected chi connectivity index (χ2v) is 7.39. The van der Waals surface area contributed by atoms with Crippen molar-refractivity contribution < 1.29 is 9.90 Å². The lowest BCUT2D eigenvalue weighted by Crippen LogP contribution is -2.37. The van der Waals surface area contributed by atoms with Crippen LogP contribution in [0.25, 0.3) is 11.0 Å². The highest BCUT2D eigenvalue weighted by molar-refractivity contribution is 6.31. The van der Waals surface area contributed by atoms with Crippen molar-refractivity contribution in [1.82, 2.24) is 24.0 Å². The quantitative estimate of drug-likeness (QED) is 0.644. The van der Waals surface area contributed by atoms with Crippen LogP contribution in [0, 0.1) is 6.92 Å². The number of hydrogen-bond donors (Lipinski definition) is 2. The number of halogens is 1. The molecule has 3 aromatic rings. The largest absolute Gasteiger partial charge is 0.389 e. The van der Waals surface area contributed by atoms with Crippen LogP contribution in [0.5, 0.6) is 0 Å². The van der Waals surface area contributed by atoms with E-state index < -0.39 is 23.4 Å².